The normalized spacial score (nSPS) is 20.4. The number of ether oxygens (including phenoxy) is 1. The Labute approximate surface area is 200 Å². The van der Waals surface area contributed by atoms with Gasteiger partial charge in [0.15, 0.2) is 0 Å². The lowest BCUT2D eigenvalue weighted by Crippen LogP contribution is -2.43. The van der Waals surface area contributed by atoms with Gasteiger partial charge in [0, 0.05) is 35.1 Å². The SMILES string of the molecule is COc1ccc2ncc(F)c(C(O)CCC3(CO)CCN(CCSC4CCCC4)CC3)c2c1. The number of rotatable bonds is 10. The van der Waals surface area contributed by atoms with Crippen LogP contribution in [0.3, 0.4) is 0 Å². The Hall–Kier alpha value is -1.41. The summed E-state index contributed by atoms with van der Waals surface area (Å²) in [6, 6.07) is 5.29. The number of aliphatic hydroxyl groups excluding tert-OH is 2. The Kier molecular flexibility index (Phi) is 8.49. The molecule has 1 aromatic heterocycles. The van der Waals surface area contributed by atoms with Crippen molar-refractivity contribution >= 4 is 22.7 Å². The molecule has 1 aromatic carbocycles. The third kappa shape index (κ3) is 5.99. The number of hydrogen-bond acceptors (Lipinski definition) is 6. The number of pyridine rings is 1. The molecule has 1 unspecified atom stereocenters. The summed E-state index contributed by atoms with van der Waals surface area (Å²) in [6.07, 6.45) is 8.66. The molecule has 4 rings (SSSR count). The van der Waals surface area contributed by atoms with Gasteiger partial charge in [-0.15, -0.1) is 0 Å². The molecule has 2 heterocycles. The van der Waals surface area contributed by atoms with Crippen LogP contribution in [0.2, 0.25) is 0 Å². The highest BCUT2D eigenvalue weighted by Crippen LogP contribution is 2.39. The van der Waals surface area contributed by atoms with E-state index in [2.05, 4.69) is 21.6 Å². The van der Waals surface area contributed by atoms with Crippen LogP contribution in [0.15, 0.2) is 24.4 Å². The van der Waals surface area contributed by atoms with E-state index in [9.17, 15) is 14.6 Å². The molecule has 2 fully saturated rings. The molecule has 2 aliphatic rings. The molecule has 0 spiro atoms. The van der Waals surface area contributed by atoms with Gasteiger partial charge in [-0.3, -0.25) is 4.98 Å². The number of nitrogens with zero attached hydrogens (tertiary/aromatic N) is 2. The van der Waals surface area contributed by atoms with Gasteiger partial charge in [0.25, 0.3) is 0 Å². The van der Waals surface area contributed by atoms with Crippen molar-refractivity contribution in [1.29, 1.82) is 0 Å². The quantitative estimate of drug-likeness (QED) is 0.506. The molecule has 7 heteroatoms. The first-order valence-corrected chi connectivity index (χ1v) is 13.3. The molecule has 1 aliphatic heterocycles. The van der Waals surface area contributed by atoms with Crippen molar-refractivity contribution < 1.29 is 19.3 Å². The van der Waals surface area contributed by atoms with Crippen molar-refractivity contribution in [2.45, 2.75) is 62.7 Å². The van der Waals surface area contributed by atoms with Crippen molar-refractivity contribution in [2.75, 3.05) is 39.1 Å². The Morgan fingerprint density at radius 1 is 1.27 bits per heavy atom. The minimum Gasteiger partial charge on any atom is -0.497 e. The molecule has 1 saturated heterocycles. The number of fused-ring (bicyclic) bond motifs is 1. The van der Waals surface area contributed by atoms with Crippen LogP contribution < -0.4 is 4.74 Å². The molecular formula is C26H37FN2O3S. The maximum atomic E-state index is 14.7. The molecule has 5 nitrogen and oxygen atoms in total. The first-order valence-electron chi connectivity index (χ1n) is 12.3. The zero-order chi connectivity index (χ0) is 23.3. The highest BCUT2D eigenvalue weighted by atomic mass is 32.2. The molecular weight excluding hydrogens is 439 g/mol. The third-order valence-electron chi connectivity index (χ3n) is 7.66. The zero-order valence-electron chi connectivity index (χ0n) is 19.6. The standard InChI is InChI=1S/C26H37FN2O3S/c1-32-19-6-7-23-21(16-19)25(22(27)17-28-23)24(31)8-9-26(18-30)10-12-29(13-11-26)14-15-33-20-4-2-3-5-20/h6-7,16-17,20,24,30-31H,2-5,8-15,18H2,1H3. The number of thioether (sulfide) groups is 1. The molecule has 0 bridgehead atoms. The van der Waals surface area contributed by atoms with E-state index in [4.69, 9.17) is 4.74 Å². The topological polar surface area (TPSA) is 65.8 Å². The van der Waals surface area contributed by atoms with Crippen LogP contribution >= 0.6 is 11.8 Å². The predicted molar refractivity (Wildman–Crippen MR) is 132 cm³/mol. The second-order valence-electron chi connectivity index (χ2n) is 9.73. The van der Waals surface area contributed by atoms with Gasteiger partial charge in [-0.25, -0.2) is 4.39 Å². The molecule has 2 aromatic rings. The minimum atomic E-state index is -0.952. The lowest BCUT2D eigenvalue weighted by molar-refractivity contribution is 0.0251. The summed E-state index contributed by atoms with van der Waals surface area (Å²) in [5.74, 6) is 1.29. The van der Waals surface area contributed by atoms with E-state index >= 15 is 0 Å². The summed E-state index contributed by atoms with van der Waals surface area (Å²) in [7, 11) is 1.56. The lowest BCUT2D eigenvalue weighted by atomic mass is 9.74. The fourth-order valence-electron chi connectivity index (χ4n) is 5.36. The van der Waals surface area contributed by atoms with Gasteiger partial charge < -0.3 is 19.8 Å². The van der Waals surface area contributed by atoms with E-state index in [0.717, 1.165) is 37.7 Å². The largest absolute Gasteiger partial charge is 0.497 e. The number of aromatic nitrogens is 1. The van der Waals surface area contributed by atoms with Gasteiger partial charge in [-0.2, -0.15) is 11.8 Å². The van der Waals surface area contributed by atoms with Crippen LogP contribution in [0.1, 0.15) is 63.0 Å². The Morgan fingerprint density at radius 3 is 2.73 bits per heavy atom. The lowest BCUT2D eigenvalue weighted by Gasteiger charge is -2.41. The number of halogens is 1. The van der Waals surface area contributed by atoms with Crippen molar-refractivity contribution in [2.24, 2.45) is 5.41 Å². The van der Waals surface area contributed by atoms with E-state index in [0.29, 0.717) is 29.5 Å². The molecule has 1 saturated carbocycles. The fourth-order valence-corrected chi connectivity index (χ4v) is 6.73. The molecule has 182 valence electrons. The van der Waals surface area contributed by atoms with E-state index < -0.39 is 11.9 Å². The van der Waals surface area contributed by atoms with Crippen molar-refractivity contribution in [1.82, 2.24) is 9.88 Å². The van der Waals surface area contributed by atoms with Gasteiger partial charge in [-0.05, 0) is 75.2 Å². The molecule has 1 atom stereocenters. The first-order chi connectivity index (χ1) is 16.0. The van der Waals surface area contributed by atoms with E-state index in [1.54, 1.807) is 25.3 Å². The summed E-state index contributed by atoms with van der Waals surface area (Å²) in [5.41, 5.74) is 0.702. The van der Waals surface area contributed by atoms with Crippen LogP contribution in [0, 0.1) is 11.2 Å². The smallest absolute Gasteiger partial charge is 0.147 e. The number of benzene rings is 1. The molecule has 1 aliphatic carbocycles. The average molecular weight is 477 g/mol. The fraction of sp³-hybridized carbons (Fsp3) is 0.654. The van der Waals surface area contributed by atoms with Crippen LogP contribution in [-0.4, -0.2) is 64.5 Å². The van der Waals surface area contributed by atoms with Gasteiger partial charge in [0.1, 0.15) is 11.6 Å². The summed E-state index contributed by atoms with van der Waals surface area (Å²) in [4.78, 5) is 6.66. The second kappa shape index (κ2) is 11.3. The first kappa shape index (κ1) is 24.7. The Bertz CT molecular complexity index is 914. The minimum absolute atomic E-state index is 0.109. The average Bonchev–Trinajstić information content (AvgIpc) is 3.36. The summed E-state index contributed by atoms with van der Waals surface area (Å²) in [5, 5.41) is 22.6. The van der Waals surface area contributed by atoms with Crippen LogP contribution in [0.5, 0.6) is 5.75 Å². The van der Waals surface area contributed by atoms with E-state index in [-0.39, 0.29) is 17.6 Å². The van der Waals surface area contributed by atoms with Crippen molar-refractivity contribution in [3.8, 4) is 5.75 Å². The second-order valence-corrected chi connectivity index (χ2v) is 11.1. The van der Waals surface area contributed by atoms with E-state index in [1.807, 2.05) is 0 Å². The van der Waals surface area contributed by atoms with Gasteiger partial charge in [0.05, 0.1) is 24.9 Å². The predicted octanol–water partition coefficient (Wildman–Crippen LogP) is 4.95. The molecule has 0 radical (unpaired) electrons. The summed E-state index contributed by atoms with van der Waals surface area (Å²) < 4.78 is 20.0. The number of aliphatic hydroxyl groups is 2. The number of methoxy groups -OCH3 is 1. The number of likely N-dealkylation sites (tertiary alicyclic amines) is 1. The van der Waals surface area contributed by atoms with E-state index in [1.165, 1.54) is 37.6 Å². The maximum absolute atomic E-state index is 14.7. The highest BCUT2D eigenvalue weighted by Gasteiger charge is 2.35. The highest BCUT2D eigenvalue weighted by molar-refractivity contribution is 7.99. The van der Waals surface area contributed by atoms with Gasteiger partial charge in [0.2, 0.25) is 0 Å². The molecule has 0 amide bonds. The van der Waals surface area contributed by atoms with Crippen molar-refractivity contribution in [3.05, 3.63) is 35.8 Å². The van der Waals surface area contributed by atoms with Crippen molar-refractivity contribution in [3.63, 3.8) is 0 Å². The molecule has 33 heavy (non-hydrogen) atoms. The van der Waals surface area contributed by atoms with Crippen LogP contribution in [0.25, 0.3) is 10.9 Å². The third-order valence-corrected chi connectivity index (χ3v) is 9.03. The molecule has 2 N–H and O–H groups in total. The van der Waals surface area contributed by atoms with Crippen LogP contribution in [-0.2, 0) is 0 Å². The number of hydrogen-bond donors (Lipinski definition) is 2. The maximum Gasteiger partial charge on any atom is 0.147 e. The zero-order valence-corrected chi connectivity index (χ0v) is 20.5. The summed E-state index contributed by atoms with van der Waals surface area (Å²) in [6.45, 7) is 3.18. The summed E-state index contributed by atoms with van der Waals surface area (Å²) >= 11 is 2.13. The monoisotopic (exact) mass is 476 g/mol. The Morgan fingerprint density at radius 2 is 2.03 bits per heavy atom. The van der Waals surface area contributed by atoms with Crippen LogP contribution in [0.4, 0.5) is 4.39 Å². The van der Waals surface area contributed by atoms with Gasteiger partial charge >= 0.3 is 0 Å². The number of piperidine rings is 1. The Balaban J connectivity index is 1.33. The van der Waals surface area contributed by atoms with Gasteiger partial charge in [-0.1, -0.05) is 12.8 Å².